The molecule has 0 bridgehead atoms. The first-order chi connectivity index (χ1) is 11.6. The standard InChI is InChI=1S/C18H29N5O.HI/c1-4-19-18(23-11-8-14(2)9-12-23)20-10-7-17(24)22-16-6-5-15(3)13-21-16;/h5-6,13-14H,4,7-12H2,1-3H3,(H,19,20)(H,21,22,24);1H. The molecule has 7 heteroatoms. The molecule has 1 aliphatic heterocycles. The number of amides is 1. The van der Waals surface area contributed by atoms with Gasteiger partial charge < -0.3 is 15.5 Å². The molecule has 1 aromatic rings. The maximum absolute atomic E-state index is 12.0. The van der Waals surface area contributed by atoms with E-state index in [4.69, 9.17) is 0 Å². The maximum Gasteiger partial charge on any atom is 0.227 e. The van der Waals surface area contributed by atoms with Crippen LogP contribution in [0.25, 0.3) is 0 Å². The van der Waals surface area contributed by atoms with Gasteiger partial charge in [-0.25, -0.2) is 4.98 Å². The van der Waals surface area contributed by atoms with Crippen molar-refractivity contribution in [2.24, 2.45) is 10.9 Å². The maximum atomic E-state index is 12.0. The number of hydrogen-bond donors (Lipinski definition) is 2. The lowest BCUT2D eigenvalue weighted by Crippen LogP contribution is -2.45. The van der Waals surface area contributed by atoms with E-state index in [9.17, 15) is 4.79 Å². The molecule has 0 spiro atoms. The van der Waals surface area contributed by atoms with E-state index in [1.54, 1.807) is 6.20 Å². The van der Waals surface area contributed by atoms with Gasteiger partial charge in [-0.15, -0.1) is 24.0 Å². The van der Waals surface area contributed by atoms with Crippen LogP contribution in [0.5, 0.6) is 0 Å². The predicted molar refractivity (Wildman–Crippen MR) is 114 cm³/mol. The van der Waals surface area contributed by atoms with Gasteiger partial charge in [-0.3, -0.25) is 9.79 Å². The second-order valence-corrected chi connectivity index (χ2v) is 6.42. The Hall–Kier alpha value is -1.38. The lowest BCUT2D eigenvalue weighted by atomic mass is 10.00. The number of carbonyl (C=O) groups excluding carboxylic acids is 1. The number of rotatable bonds is 5. The Morgan fingerprint density at radius 2 is 2.08 bits per heavy atom. The molecule has 25 heavy (non-hydrogen) atoms. The number of nitrogens with zero attached hydrogens (tertiary/aromatic N) is 3. The highest BCUT2D eigenvalue weighted by Crippen LogP contribution is 2.15. The Morgan fingerprint density at radius 1 is 1.36 bits per heavy atom. The molecule has 0 atom stereocenters. The van der Waals surface area contributed by atoms with E-state index >= 15 is 0 Å². The summed E-state index contributed by atoms with van der Waals surface area (Å²) in [6.45, 7) is 9.72. The number of guanidine groups is 1. The van der Waals surface area contributed by atoms with Crippen LogP contribution in [0, 0.1) is 12.8 Å². The summed E-state index contributed by atoms with van der Waals surface area (Å²) < 4.78 is 0. The van der Waals surface area contributed by atoms with Crippen LogP contribution in [-0.2, 0) is 4.79 Å². The van der Waals surface area contributed by atoms with E-state index in [-0.39, 0.29) is 29.9 Å². The molecule has 2 rings (SSSR count). The van der Waals surface area contributed by atoms with Crippen molar-refractivity contribution in [2.75, 3.05) is 31.5 Å². The van der Waals surface area contributed by atoms with Crippen LogP contribution < -0.4 is 10.6 Å². The molecule has 0 aliphatic carbocycles. The normalized spacial score (nSPS) is 15.5. The zero-order chi connectivity index (χ0) is 17.4. The molecule has 1 aliphatic rings. The lowest BCUT2D eigenvalue weighted by Gasteiger charge is -2.33. The fourth-order valence-corrected chi connectivity index (χ4v) is 2.66. The Balaban J connectivity index is 0.00000312. The fourth-order valence-electron chi connectivity index (χ4n) is 2.66. The largest absolute Gasteiger partial charge is 0.357 e. The summed E-state index contributed by atoms with van der Waals surface area (Å²) in [5.74, 6) is 2.24. The molecule has 2 heterocycles. The van der Waals surface area contributed by atoms with Gasteiger partial charge in [0.15, 0.2) is 5.96 Å². The highest BCUT2D eigenvalue weighted by atomic mass is 127. The monoisotopic (exact) mass is 459 g/mol. The molecular formula is C18H30IN5O. The average Bonchev–Trinajstić information content (AvgIpc) is 2.57. The molecule has 1 fully saturated rings. The Labute approximate surface area is 167 Å². The Kier molecular flexibility index (Phi) is 9.77. The minimum absolute atomic E-state index is 0. The van der Waals surface area contributed by atoms with Crippen molar-refractivity contribution < 1.29 is 4.79 Å². The number of halogens is 1. The van der Waals surface area contributed by atoms with Gasteiger partial charge in [0.2, 0.25) is 5.91 Å². The molecule has 0 unspecified atom stereocenters. The molecular weight excluding hydrogens is 429 g/mol. The van der Waals surface area contributed by atoms with E-state index in [2.05, 4.69) is 39.4 Å². The van der Waals surface area contributed by atoms with Crippen molar-refractivity contribution >= 4 is 41.7 Å². The van der Waals surface area contributed by atoms with Crippen molar-refractivity contribution in [2.45, 2.75) is 40.0 Å². The summed E-state index contributed by atoms with van der Waals surface area (Å²) >= 11 is 0. The average molecular weight is 459 g/mol. The number of likely N-dealkylation sites (tertiary alicyclic amines) is 1. The number of hydrogen-bond acceptors (Lipinski definition) is 3. The number of piperidine rings is 1. The SMILES string of the molecule is CCNC(=NCCC(=O)Nc1ccc(C)cn1)N1CCC(C)CC1.I. The number of anilines is 1. The van der Waals surface area contributed by atoms with Gasteiger partial charge in [0.05, 0.1) is 6.54 Å². The summed E-state index contributed by atoms with van der Waals surface area (Å²) in [6, 6.07) is 3.75. The third kappa shape index (κ3) is 7.58. The van der Waals surface area contributed by atoms with Crippen molar-refractivity contribution in [1.29, 1.82) is 0 Å². The van der Waals surface area contributed by atoms with Gasteiger partial charge in [-0.2, -0.15) is 0 Å². The number of aliphatic imine (C=N–C) groups is 1. The summed E-state index contributed by atoms with van der Waals surface area (Å²) in [7, 11) is 0. The van der Waals surface area contributed by atoms with Gasteiger partial charge in [-0.05, 0) is 44.2 Å². The van der Waals surface area contributed by atoms with E-state index in [1.807, 2.05) is 19.1 Å². The number of carbonyl (C=O) groups is 1. The van der Waals surface area contributed by atoms with Crippen LogP contribution in [-0.4, -0.2) is 47.9 Å². The zero-order valence-corrected chi connectivity index (χ0v) is 17.7. The van der Waals surface area contributed by atoms with E-state index in [1.165, 1.54) is 12.8 Å². The van der Waals surface area contributed by atoms with Crippen LogP contribution in [0.2, 0.25) is 0 Å². The van der Waals surface area contributed by atoms with Crippen molar-refractivity contribution in [3.63, 3.8) is 0 Å². The molecule has 0 saturated carbocycles. The van der Waals surface area contributed by atoms with Gasteiger partial charge in [0, 0.05) is 32.3 Å². The Morgan fingerprint density at radius 3 is 2.68 bits per heavy atom. The van der Waals surface area contributed by atoms with Gasteiger partial charge in [0.25, 0.3) is 0 Å². The van der Waals surface area contributed by atoms with Gasteiger partial charge >= 0.3 is 0 Å². The molecule has 140 valence electrons. The number of aromatic nitrogens is 1. The fraction of sp³-hybridized carbons (Fsp3) is 0.611. The second kappa shape index (κ2) is 11.3. The molecule has 1 aromatic heterocycles. The van der Waals surface area contributed by atoms with Crippen LogP contribution in [0.4, 0.5) is 5.82 Å². The number of aryl methyl sites for hydroxylation is 1. The van der Waals surface area contributed by atoms with Crippen LogP contribution in [0.3, 0.4) is 0 Å². The smallest absolute Gasteiger partial charge is 0.227 e. The van der Waals surface area contributed by atoms with Crippen molar-refractivity contribution in [3.8, 4) is 0 Å². The molecule has 1 amide bonds. The summed E-state index contributed by atoms with van der Waals surface area (Å²) in [5.41, 5.74) is 1.07. The van der Waals surface area contributed by atoms with Crippen LogP contribution in [0.15, 0.2) is 23.3 Å². The number of nitrogens with one attached hydrogen (secondary N) is 2. The summed E-state index contributed by atoms with van der Waals surface area (Å²) in [4.78, 5) is 23.1. The zero-order valence-electron chi connectivity index (χ0n) is 15.4. The highest BCUT2D eigenvalue weighted by Gasteiger charge is 2.18. The summed E-state index contributed by atoms with van der Waals surface area (Å²) in [6.07, 6.45) is 4.50. The van der Waals surface area contributed by atoms with Crippen molar-refractivity contribution in [1.82, 2.24) is 15.2 Å². The Bertz CT molecular complexity index is 553. The first-order valence-corrected chi connectivity index (χ1v) is 8.84. The molecule has 0 radical (unpaired) electrons. The van der Waals surface area contributed by atoms with Gasteiger partial charge in [0.1, 0.15) is 5.82 Å². The minimum atomic E-state index is -0.0572. The van der Waals surface area contributed by atoms with Crippen LogP contribution in [0.1, 0.15) is 38.7 Å². The quantitative estimate of drug-likeness (QED) is 0.404. The summed E-state index contributed by atoms with van der Waals surface area (Å²) in [5, 5.41) is 6.14. The molecule has 1 saturated heterocycles. The lowest BCUT2D eigenvalue weighted by molar-refractivity contribution is -0.116. The topological polar surface area (TPSA) is 69.6 Å². The van der Waals surface area contributed by atoms with Crippen LogP contribution >= 0.6 is 24.0 Å². The molecule has 2 N–H and O–H groups in total. The second-order valence-electron chi connectivity index (χ2n) is 6.42. The van der Waals surface area contributed by atoms with Gasteiger partial charge in [-0.1, -0.05) is 13.0 Å². The first-order valence-electron chi connectivity index (χ1n) is 8.84. The molecule has 0 aromatic carbocycles. The highest BCUT2D eigenvalue weighted by molar-refractivity contribution is 14.0. The van der Waals surface area contributed by atoms with Crippen molar-refractivity contribution in [3.05, 3.63) is 23.9 Å². The first kappa shape index (κ1) is 21.7. The minimum Gasteiger partial charge on any atom is -0.357 e. The molecule has 6 nitrogen and oxygen atoms in total. The predicted octanol–water partition coefficient (Wildman–Crippen LogP) is 3.03. The third-order valence-corrected chi connectivity index (χ3v) is 4.20. The third-order valence-electron chi connectivity index (χ3n) is 4.20. The van der Waals surface area contributed by atoms with E-state index < -0.39 is 0 Å². The van der Waals surface area contributed by atoms with E-state index in [0.29, 0.717) is 18.8 Å². The number of pyridine rings is 1. The van der Waals surface area contributed by atoms with E-state index in [0.717, 1.165) is 37.1 Å².